The Morgan fingerprint density at radius 2 is 1.80 bits per heavy atom. The zero-order valence-corrected chi connectivity index (χ0v) is 15.8. The molecule has 0 aromatic heterocycles. The van der Waals surface area contributed by atoms with Crippen LogP contribution >= 0.6 is 15.9 Å². The van der Waals surface area contributed by atoms with Gasteiger partial charge >= 0.3 is 0 Å². The number of halogens is 1. The van der Waals surface area contributed by atoms with Crippen LogP contribution in [0.2, 0.25) is 0 Å². The zero-order chi connectivity index (χ0) is 17.2. The molecule has 0 radical (unpaired) electrons. The lowest BCUT2D eigenvalue weighted by atomic mass is 9.90. The fourth-order valence-electron chi connectivity index (χ4n) is 3.76. The minimum atomic E-state index is -0.0524. The van der Waals surface area contributed by atoms with Crippen LogP contribution in [-0.2, 0) is 17.6 Å². The molecule has 1 aliphatic heterocycles. The van der Waals surface area contributed by atoms with Gasteiger partial charge < -0.3 is 9.64 Å². The maximum absolute atomic E-state index is 13.0. The summed E-state index contributed by atoms with van der Waals surface area (Å²) >= 11 is 3.46. The fraction of sp³-hybridized carbons (Fsp3) is 0.381. The normalized spacial score (nSPS) is 20.2. The van der Waals surface area contributed by atoms with Crippen LogP contribution in [0.3, 0.4) is 0 Å². The molecule has 4 heteroatoms. The Labute approximate surface area is 157 Å². The number of hydrogen-bond acceptors (Lipinski definition) is 2. The lowest BCUT2D eigenvalue weighted by Crippen LogP contribution is -2.42. The third-order valence-corrected chi connectivity index (χ3v) is 5.72. The number of benzene rings is 2. The van der Waals surface area contributed by atoms with Crippen molar-refractivity contribution in [2.45, 2.75) is 31.8 Å². The topological polar surface area (TPSA) is 29.5 Å². The smallest absolute Gasteiger partial charge is 0.254 e. The monoisotopic (exact) mass is 399 g/mol. The minimum Gasteiger partial charge on any atom is -0.370 e. The predicted octanol–water partition coefficient (Wildman–Crippen LogP) is 4.54. The molecular formula is C21H22BrNO2. The summed E-state index contributed by atoms with van der Waals surface area (Å²) in [5, 5.41) is 0. The van der Waals surface area contributed by atoms with E-state index < -0.39 is 0 Å². The van der Waals surface area contributed by atoms with Gasteiger partial charge in [0.2, 0.25) is 0 Å². The van der Waals surface area contributed by atoms with Gasteiger partial charge in [-0.15, -0.1) is 0 Å². The number of aryl methyl sites for hydroxylation is 2. The number of carbonyl (C=O) groups is 1. The molecule has 0 N–H and O–H groups in total. The highest BCUT2D eigenvalue weighted by Gasteiger charge is 2.26. The van der Waals surface area contributed by atoms with Gasteiger partial charge in [-0.3, -0.25) is 4.79 Å². The standard InChI is InChI=1S/C21H22BrNO2/c22-19-9-7-16(8-10-19)20-14-23(11-12-25-20)21(24)18-6-5-15-3-1-2-4-17(15)13-18/h5-10,13,20H,1-4,11-12,14H2. The largest absolute Gasteiger partial charge is 0.370 e. The third-order valence-electron chi connectivity index (χ3n) is 5.19. The van der Waals surface area contributed by atoms with Gasteiger partial charge in [0.05, 0.1) is 13.2 Å². The molecule has 1 aliphatic carbocycles. The van der Waals surface area contributed by atoms with E-state index in [1.54, 1.807) is 0 Å². The van der Waals surface area contributed by atoms with Gasteiger partial charge in [-0.25, -0.2) is 0 Å². The van der Waals surface area contributed by atoms with Crippen molar-refractivity contribution < 1.29 is 9.53 Å². The van der Waals surface area contributed by atoms with E-state index in [2.05, 4.69) is 40.2 Å². The van der Waals surface area contributed by atoms with Crippen LogP contribution in [0.25, 0.3) is 0 Å². The molecular weight excluding hydrogens is 378 g/mol. The number of amides is 1. The molecule has 2 aromatic carbocycles. The van der Waals surface area contributed by atoms with E-state index in [9.17, 15) is 4.79 Å². The van der Waals surface area contributed by atoms with Gasteiger partial charge in [0.25, 0.3) is 5.91 Å². The molecule has 2 aliphatic rings. The van der Waals surface area contributed by atoms with Gasteiger partial charge in [-0.1, -0.05) is 34.1 Å². The highest BCUT2D eigenvalue weighted by molar-refractivity contribution is 9.10. The van der Waals surface area contributed by atoms with Crippen LogP contribution < -0.4 is 0 Å². The lowest BCUT2D eigenvalue weighted by molar-refractivity contribution is -0.0228. The summed E-state index contributed by atoms with van der Waals surface area (Å²) in [6.07, 6.45) is 4.68. The van der Waals surface area contributed by atoms with Gasteiger partial charge in [0, 0.05) is 16.6 Å². The number of fused-ring (bicyclic) bond motifs is 1. The molecule has 3 nitrogen and oxygen atoms in total. The van der Waals surface area contributed by atoms with Crippen LogP contribution in [0.5, 0.6) is 0 Å². The van der Waals surface area contributed by atoms with Gasteiger partial charge in [-0.2, -0.15) is 0 Å². The van der Waals surface area contributed by atoms with E-state index in [-0.39, 0.29) is 12.0 Å². The Hall–Kier alpha value is -1.65. The van der Waals surface area contributed by atoms with Gasteiger partial charge in [0.15, 0.2) is 0 Å². The van der Waals surface area contributed by atoms with Gasteiger partial charge in [0.1, 0.15) is 6.10 Å². The van der Waals surface area contributed by atoms with Crippen LogP contribution in [0, 0.1) is 0 Å². The molecule has 1 heterocycles. The number of morpholine rings is 1. The molecule has 0 bridgehead atoms. The third kappa shape index (κ3) is 3.65. The first-order valence-electron chi connectivity index (χ1n) is 8.99. The first-order chi connectivity index (χ1) is 12.2. The molecule has 2 aromatic rings. The second-order valence-corrected chi connectivity index (χ2v) is 7.77. The number of carbonyl (C=O) groups excluding carboxylic acids is 1. The van der Waals surface area contributed by atoms with E-state index >= 15 is 0 Å². The molecule has 25 heavy (non-hydrogen) atoms. The molecule has 0 spiro atoms. The number of rotatable bonds is 2. The summed E-state index contributed by atoms with van der Waals surface area (Å²) in [4.78, 5) is 14.9. The first-order valence-corrected chi connectivity index (χ1v) is 9.78. The van der Waals surface area contributed by atoms with Crippen molar-refractivity contribution in [3.05, 3.63) is 69.2 Å². The predicted molar refractivity (Wildman–Crippen MR) is 102 cm³/mol. The minimum absolute atomic E-state index is 0.0524. The summed E-state index contributed by atoms with van der Waals surface area (Å²) < 4.78 is 6.95. The highest BCUT2D eigenvalue weighted by atomic mass is 79.9. The van der Waals surface area contributed by atoms with Crippen molar-refractivity contribution in [2.24, 2.45) is 0 Å². The highest BCUT2D eigenvalue weighted by Crippen LogP contribution is 2.26. The Morgan fingerprint density at radius 3 is 2.60 bits per heavy atom. The van der Waals surface area contributed by atoms with Crippen molar-refractivity contribution in [1.82, 2.24) is 4.90 Å². The Kier molecular flexibility index (Phi) is 4.91. The van der Waals surface area contributed by atoms with E-state index in [0.29, 0.717) is 19.7 Å². The van der Waals surface area contributed by atoms with E-state index in [1.807, 2.05) is 23.1 Å². The van der Waals surface area contributed by atoms with Crippen molar-refractivity contribution >= 4 is 21.8 Å². The molecule has 130 valence electrons. The second kappa shape index (κ2) is 7.30. The van der Waals surface area contributed by atoms with E-state index in [4.69, 9.17) is 4.74 Å². The van der Waals surface area contributed by atoms with Crippen LogP contribution in [0.1, 0.15) is 46.0 Å². The molecule has 4 rings (SSSR count). The summed E-state index contributed by atoms with van der Waals surface area (Å²) in [5.41, 5.74) is 4.70. The van der Waals surface area contributed by atoms with Gasteiger partial charge in [-0.05, 0) is 66.6 Å². The van der Waals surface area contributed by atoms with E-state index in [1.165, 1.54) is 24.0 Å². The first kappa shape index (κ1) is 16.8. The zero-order valence-electron chi connectivity index (χ0n) is 14.2. The number of hydrogen-bond donors (Lipinski definition) is 0. The number of ether oxygens (including phenoxy) is 1. The molecule has 0 saturated carbocycles. The average Bonchev–Trinajstić information content (AvgIpc) is 2.68. The quantitative estimate of drug-likeness (QED) is 0.741. The fourth-order valence-corrected chi connectivity index (χ4v) is 4.03. The molecule has 1 fully saturated rings. The Bertz CT molecular complexity index is 772. The van der Waals surface area contributed by atoms with Crippen molar-refractivity contribution in [3.63, 3.8) is 0 Å². The molecule has 1 amide bonds. The van der Waals surface area contributed by atoms with Crippen molar-refractivity contribution in [2.75, 3.05) is 19.7 Å². The average molecular weight is 400 g/mol. The SMILES string of the molecule is O=C(c1ccc2c(c1)CCCC2)N1CCOC(c2ccc(Br)cc2)C1. The van der Waals surface area contributed by atoms with Crippen molar-refractivity contribution in [3.8, 4) is 0 Å². The molecule has 1 atom stereocenters. The summed E-state index contributed by atoms with van der Waals surface area (Å²) in [5.74, 6) is 0.124. The maximum atomic E-state index is 13.0. The van der Waals surface area contributed by atoms with Crippen LogP contribution in [0.4, 0.5) is 0 Å². The van der Waals surface area contributed by atoms with Crippen LogP contribution in [0.15, 0.2) is 46.9 Å². The summed E-state index contributed by atoms with van der Waals surface area (Å²) in [6.45, 7) is 1.85. The number of nitrogens with zero attached hydrogens (tertiary/aromatic N) is 1. The maximum Gasteiger partial charge on any atom is 0.254 e. The summed E-state index contributed by atoms with van der Waals surface area (Å²) in [7, 11) is 0. The van der Waals surface area contributed by atoms with E-state index in [0.717, 1.165) is 28.4 Å². The van der Waals surface area contributed by atoms with Crippen LogP contribution in [-0.4, -0.2) is 30.5 Å². The Morgan fingerprint density at radius 1 is 1.04 bits per heavy atom. The lowest BCUT2D eigenvalue weighted by Gasteiger charge is -2.33. The second-order valence-electron chi connectivity index (χ2n) is 6.85. The van der Waals surface area contributed by atoms with Crippen molar-refractivity contribution in [1.29, 1.82) is 0 Å². The molecule has 1 saturated heterocycles. The Balaban J connectivity index is 1.51. The summed E-state index contributed by atoms with van der Waals surface area (Å²) in [6, 6.07) is 14.4. The molecule has 1 unspecified atom stereocenters.